The molecule has 3 aromatic carbocycles. The van der Waals surface area contributed by atoms with E-state index in [1.807, 2.05) is 30.3 Å². The number of hydrogen-bond donors (Lipinski definition) is 2. The monoisotopic (exact) mass is 652 g/mol. The molecule has 0 saturated carbocycles. The van der Waals surface area contributed by atoms with Crippen molar-refractivity contribution in [3.05, 3.63) is 111 Å². The second-order valence-electron chi connectivity index (χ2n) is 9.48. The van der Waals surface area contributed by atoms with E-state index in [0.29, 0.717) is 54.3 Å². The summed E-state index contributed by atoms with van der Waals surface area (Å²) < 4.78 is 38.5. The molecule has 1 aromatic heterocycles. The fourth-order valence-corrected chi connectivity index (χ4v) is 4.43. The van der Waals surface area contributed by atoms with E-state index in [9.17, 15) is 18.4 Å². The van der Waals surface area contributed by atoms with Crippen LogP contribution in [-0.2, 0) is 12.8 Å². The maximum atomic E-state index is 14.1. The maximum Gasteiger partial charge on any atom is 0.254 e. The topological polar surface area (TPSA) is 120 Å². The van der Waals surface area contributed by atoms with Gasteiger partial charge in [-0.3, -0.25) is 9.59 Å². The van der Waals surface area contributed by atoms with Gasteiger partial charge in [-0.1, -0.05) is 46.6 Å². The van der Waals surface area contributed by atoms with E-state index >= 15 is 0 Å². The molecule has 1 heterocycles. The van der Waals surface area contributed by atoms with Gasteiger partial charge in [0.05, 0.1) is 34.7 Å². The summed E-state index contributed by atoms with van der Waals surface area (Å²) in [4.78, 5) is 30.0. The molecule has 0 aliphatic carbocycles. The second-order valence-corrected chi connectivity index (χ2v) is 10.3. The van der Waals surface area contributed by atoms with Crippen LogP contribution in [0, 0.1) is 11.6 Å². The first-order valence-electron chi connectivity index (χ1n) is 13.2. The highest BCUT2D eigenvalue weighted by atomic mass is 35.5. The number of aromatic nitrogens is 2. The zero-order valence-corrected chi connectivity index (χ0v) is 25.2. The number of carbonyl (C=O) groups excluding carboxylic acids is 2. The number of nitrogens with zero attached hydrogens (tertiary/aromatic N) is 2. The van der Waals surface area contributed by atoms with Crippen LogP contribution in [0.3, 0.4) is 0 Å². The molecule has 0 saturated heterocycles. The molecule has 4 aromatic rings. The third-order valence-corrected chi connectivity index (χ3v) is 7.09. The first-order chi connectivity index (χ1) is 20.2. The summed E-state index contributed by atoms with van der Waals surface area (Å²) in [7, 11) is 0. The van der Waals surface area contributed by atoms with Crippen LogP contribution in [0.2, 0.25) is 10.0 Å². The van der Waals surface area contributed by atoms with Crippen molar-refractivity contribution in [1.29, 1.82) is 0 Å². The third kappa shape index (κ3) is 9.72. The molecule has 0 fully saturated rings. The largest absolute Gasteiger partial charge is 0.493 e. The minimum atomic E-state index is -1.06. The number of rotatable bonds is 14. The van der Waals surface area contributed by atoms with Crippen molar-refractivity contribution in [2.45, 2.75) is 38.1 Å². The highest BCUT2D eigenvalue weighted by molar-refractivity contribution is 6.42. The summed E-state index contributed by atoms with van der Waals surface area (Å²) in [6, 6.07) is 14.3. The van der Waals surface area contributed by atoms with E-state index < -0.39 is 29.4 Å². The summed E-state index contributed by atoms with van der Waals surface area (Å²) in [6.45, 7) is 0.845. The molecule has 0 spiro atoms. The van der Waals surface area contributed by atoms with Gasteiger partial charge in [0, 0.05) is 12.5 Å². The molecule has 13 heteroatoms. The highest BCUT2D eigenvalue weighted by Crippen LogP contribution is 2.23. The predicted molar refractivity (Wildman–Crippen MR) is 161 cm³/mol. The number of halogens is 5. The van der Waals surface area contributed by atoms with Crippen LogP contribution < -0.4 is 15.8 Å². The fourth-order valence-electron chi connectivity index (χ4n) is 4.11. The Morgan fingerprint density at radius 3 is 2.42 bits per heavy atom. The van der Waals surface area contributed by atoms with Crippen molar-refractivity contribution in [1.82, 2.24) is 15.5 Å². The number of unbranched alkanes of at least 4 members (excludes halogenated alkanes) is 1. The van der Waals surface area contributed by atoms with E-state index in [2.05, 4.69) is 15.5 Å². The van der Waals surface area contributed by atoms with Crippen molar-refractivity contribution in [3.63, 3.8) is 0 Å². The molecule has 228 valence electrons. The molecule has 0 aliphatic rings. The van der Waals surface area contributed by atoms with Gasteiger partial charge in [0.15, 0.2) is 0 Å². The van der Waals surface area contributed by atoms with E-state index in [-0.39, 0.29) is 42.5 Å². The Balaban J connectivity index is 0.00000506. The molecular formula is C30H29Cl3F2N4O4. The summed E-state index contributed by atoms with van der Waals surface area (Å²) >= 11 is 12.0. The van der Waals surface area contributed by atoms with Gasteiger partial charge in [0.2, 0.25) is 17.5 Å². The molecule has 0 aliphatic heterocycles. The number of hydrogen-bond acceptors (Lipinski definition) is 7. The zero-order chi connectivity index (χ0) is 30.1. The van der Waals surface area contributed by atoms with E-state index in [1.54, 1.807) is 12.1 Å². The van der Waals surface area contributed by atoms with Crippen molar-refractivity contribution < 1.29 is 27.6 Å². The number of carbonyl (C=O) groups is 2. The number of nitrogens with two attached hydrogens (primary N) is 1. The molecule has 1 atom stereocenters. The Morgan fingerprint density at radius 1 is 0.977 bits per heavy atom. The Morgan fingerprint density at radius 2 is 1.72 bits per heavy atom. The lowest BCUT2D eigenvalue weighted by Crippen LogP contribution is -2.41. The van der Waals surface area contributed by atoms with E-state index in [0.717, 1.165) is 23.3 Å². The number of benzene rings is 3. The third-order valence-electron chi connectivity index (χ3n) is 6.36. The van der Waals surface area contributed by atoms with Crippen LogP contribution in [0.25, 0.3) is 0 Å². The molecule has 3 N–H and O–H groups in total. The first kappa shape index (κ1) is 33.9. The normalized spacial score (nSPS) is 11.5. The highest BCUT2D eigenvalue weighted by Gasteiger charge is 2.27. The van der Waals surface area contributed by atoms with Crippen molar-refractivity contribution in [2.24, 2.45) is 5.73 Å². The summed E-state index contributed by atoms with van der Waals surface area (Å²) in [5.41, 5.74) is 7.02. The van der Waals surface area contributed by atoms with E-state index in [1.165, 1.54) is 0 Å². The van der Waals surface area contributed by atoms with Gasteiger partial charge in [0.1, 0.15) is 17.4 Å². The molecule has 0 radical (unpaired) electrons. The molecule has 1 amide bonds. The minimum Gasteiger partial charge on any atom is -0.493 e. The lowest BCUT2D eigenvalue weighted by atomic mass is 10.0. The van der Waals surface area contributed by atoms with Gasteiger partial charge in [-0.05, 0) is 73.3 Å². The van der Waals surface area contributed by atoms with E-state index in [4.69, 9.17) is 38.2 Å². The van der Waals surface area contributed by atoms with Crippen LogP contribution >= 0.6 is 35.6 Å². The molecule has 4 rings (SSSR count). The van der Waals surface area contributed by atoms with Crippen molar-refractivity contribution in [2.75, 3.05) is 13.2 Å². The molecular weight excluding hydrogens is 625 g/mol. The van der Waals surface area contributed by atoms with Gasteiger partial charge < -0.3 is 20.3 Å². The SMILES string of the molecule is Cl.NCCCCC(NC(=O)c1ccc(F)cc1F)C(=O)c1noc(Cc2ccc(OCCc3ccc(Cl)c(Cl)c3)cc2)n1. The number of ether oxygens (including phenoxy) is 1. The Bertz CT molecular complexity index is 1540. The minimum absolute atomic E-state index is 0. The number of Topliss-reactive ketones (excluding diaryl/α,β-unsaturated/α-hetero) is 1. The lowest BCUT2D eigenvalue weighted by Gasteiger charge is -2.16. The molecule has 43 heavy (non-hydrogen) atoms. The van der Waals surface area contributed by atoms with Gasteiger partial charge in [-0.25, -0.2) is 8.78 Å². The number of amides is 1. The van der Waals surface area contributed by atoms with Crippen LogP contribution in [0.1, 0.15) is 57.3 Å². The van der Waals surface area contributed by atoms with Gasteiger partial charge >= 0.3 is 0 Å². The van der Waals surface area contributed by atoms with Crippen molar-refractivity contribution in [3.8, 4) is 5.75 Å². The Kier molecular flexibility index (Phi) is 12.9. The molecule has 8 nitrogen and oxygen atoms in total. The van der Waals surface area contributed by atoms with Gasteiger partial charge in [-0.2, -0.15) is 4.98 Å². The first-order valence-corrected chi connectivity index (χ1v) is 14.0. The van der Waals surface area contributed by atoms with Crippen LogP contribution in [0.4, 0.5) is 8.78 Å². The molecule has 1 unspecified atom stereocenters. The standard InChI is InChI=1S/C30H28Cl2F2N4O4.ClH/c31-23-11-6-19(15-24(23)32)12-14-41-21-8-4-18(5-9-21)16-27-37-29(38-42-27)28(39)26(3-1-2-13-35)36-30(40)22-10-7-20(33)17-25(22)34;/h4-11,15,17,26H,1-3,12-14,16,35H2,(H,36,40);1H. The number of nitrogens with one attached hydrogen (secondary N) is 1. The fraction of sp³-hybridized carbons (Fsp3) is 0.267. The second kappa shape index (κ2) is 16.3. The predicted octanol–water partition coefficient (Wildman–Crippen LogP) is 6.40. The average Bonchev–Trinajstić information content (AvgIpc) is 3.43. The summed E-state index contributed by atoms with van der Waals surface area (Å²) in [6.07, 6.45) is 2.27. The summed E-state index contributed by atoms with van der Waals surface area (Å²) in [5, 5.41) is 7.30. The Hall–Kier alpha value is -3.57. The average molecular weight is 654 g/mol. The quantitative estimate of drug-likeness (QED) is 0.119. The number of ketones is 1. The maximum absolute atomic E-state index is 14.1. The van der Waals surface area contributed by atoms with Crippen LogP contribution in [-0.4, -0.2) is 41.0 Å². The van der Waals surface area contributed by atoms with Gasteiger partial charge in [-0.15, -0.1) is 12.4 Å². The Labute approximate surface area is 263 Å². The van der Waals surface area contributed by atoms with Crippen LogP contribution in [0.5, 0.6) is 5.75 Å². The molecule has 0 bridgehead atoms. The van der Waals surface area contributed by atoms with Gasteiger partial charge in [0.25, 0.3) is 5.91 Å². The van der Waals surface area contributed by atoms with Crippen LogP contribution in [0.15, 0.2) is 65.2 Å². The summed E-state index contributed by atoms with van der Waals surface area (Å²) in [5.74, 6) is -2.65. The smallest absolute Gasteiger partial charge is 0.254 e. The van der Waals surface area contributed by atoms with Crippen molar-refractivity contribution >= 4 is 47.3 Å². The lowest BCUT2D eigenvalue weighted by molar-refractivity contribution is 0.0841. The zero-order valence-electron chi connectivity index (χ0n) is 22.8.